The summed E-state index contributed by atoms with van der Waals surface area (Å²) in [4.78, 5) is 20.9. The standard InChI is InChI=1S/C19H25N3O/c1-13-7-8-15-14(11-13)12-16(20-15)19(23)22-10-4-6-18(22)17-5-3-9-21(17)2/h7-8,11-12,17-18,20H,3-6,9-10H2,1-2H3/t17-,18+/m0/s1. The SMILES string of the molecule is Cc1ccc2[nH]c(C(=O)N3CCC[C@@H]3[C@@H]3CCCN3C)cc2c1. The molecule has 1 N–H and O–H groups in total. The normalized spacial score (nSPS) is 25.6. The van der Waals surface area contributed by atoms with Gasteiger partial charge in [0.1, 0.15) is 5.69 Å². The molecule has 1 amide bonds. The molecule has 3 heterocycles. The van der Waals surface area contributed by atoms with Crippen LogP contribution in [0.5, 0.6) is 0 Å². The lowest BCUT2D eigenvalue weighted by atomic mass is 10.0. The number of hydrogen-bond acceptors (Lipinski definition) is 2. The van der Waals surface area contributed by atoms with Crippen LogP contribution in [0, 0.1) is 6.92 Å². The van der Waals surface area contributed by atoms with Gasteiger partial charge in [0.2, 0.25) is 0 Å². The number of carbonyl (C=O) groups is 1. The van der Waals surface area contributed by atoms with E-state index in [-0.39, 0.29) is 5.91 Å². The molecule has 0 radical (unpaired) electrons. The molecule has 2 aliphatic heterocycles. The van der Waals surface area contributed by atoms with E-state index in [4.69, 9.17) is 0 Å². The highest BCUT2D eigenvalue weighted by Crippen LogP contribution is 2.30. The number of carbonyl (C=O) groups excluding carboxylic acids is 1. The summed E-state index contributed by atoms with van der Waals surface area (Å²) in [6.45, 7) is 4.14. The van der Waals surface area contributed by atoms with E-state index in [1.807, 2.05) is 6.07 Å². The second-order valence-corrected chi connectivity index (χ2v) is 7.17. The Bertz CT molecular complexity index is 735. The molecule has 122 valence electrons. The van der Waals surface area contributed by atoms with Crippen molar-refractivity contribution < 1.29 is 4.79 Å². The highest BCUT2D eigenvalue weighted by molar-refractivity contribution is 5.98. The largest absolute Gasteiger partial charge is 0.351 e. The number of likely N-dealkylation sites (tertiary alicyclic amines) is 2. The zero-order valence-corrected chi connectivity index (χ0v) is 14.0. The fraction of sp³-hybridized carbons (Fsp3) is 0.526. The molecule has 2 atom stereocenters. The van der Waals surface area contributed by atoms with E-state index >= 15 is 0 Å². The van der Waals surface area contributed by atoms with Gasteiger partial charge in [0.15, 0.2) is 0 Å². The number of nitrogens with zero attached hydrogens (tertiary/aromatic N) is 2. The summed E-state index contributed by atoms with van der Waals surface area (Å²) in [6.07, 6.45) is 4.74. The first-order chi connectivity index (χ1) is 11.1. The highest BCUT2D eigenvalue weighted by Gasteiger charge is 2.38. The molecule has 2 fully saturated rings. The van der Waals surface area contributed by atoms with Gasteiger partial charge in [-0.25, -0.2) is 0 Å². The monoisotopic (exact) mass is 311 g/mol. The summed E-state index contributed by atoms with van der Waals surface area (Å²) in [7, 11) is 2.20. The van der Waals surface area contributed by atoms with Crippen LogP contribution in [-0.4, -0.2) is 52.9 Å². The van der Waals surface area contributed by atoms with E-state index in [1.54, 1.807) is 0 Å². The van der Waals surface area contributed by atoms with E-state index in [0.717, 1.165) is 42.5 Å². The van der Waals surface area contributed by atoms with Crippen LogP contribution in [0.2, 0.25) is 0 Å². The number of fused-ring (bicyclic) bond motifs is 1. The number of nitrogens with one attached hydrogen (secondary N) is 1. The van der Waals surface area contributed by atoms with Gasteiger partial charge in [-0.3, -0.25) is 4.79 Å². The molecule has 1 aromatic carbocycles. The third-order valence-electron chi connectivity index (χ3n) is 5.59. The van der Waals surface area contributed by atoms with Crippen LogP contribution < -0.4 is 0 Å². The number of H-pyrrole nitrogens is 1. The molecule has 0 unspecified atom stereocenters. The molecule has 0 aliphatic carbocycles. The molecule has 4 nitrogen and oxygen atoms in total. The van der Waals surface area contributed by atoms with Gasteiger partial charge < -0.3 is 14.8 Å². The van der Waals surface area contributed by atoms with E-state index in [1.165, 1.54) is 18.4 Å². The highest BCUT2D eigenvalue weighted by atomic mass is 16.2. The lowest BCUT2D eigenvalue weighted by molar-refractivity contribution is 0.0659. The average molecular weight is 311 g/mol. The first-order valence-electron chi connectivity index (χ1n) is 8.74. The van der Waals surface area contributed by atoms with Crippen molar-refractivity contribution in [2.75, 3.05) is 20.1 Å². The Hall–Kier alpha value is -1.81. The molecule has 0 spiro atoms. The Kier molecular flexibility index (Phi) is 3.64. The van der Waals surface area contributed by atoms with Crippen LogP contribution in [0.1, 0.15) is 41.7 Å². The lowest BCUT2D eigenvalue weighted by Crippen LogP contribution is -2.47. The van der Waals surface area contributed by atoms with Crippen molar-refractivity contribution >= 4 is 16.8 Å². The Morgan fingerprint density at radius 2 is 1.91 bits per heavy atom. The number of amides is 1. The van der Waals surface area contributed by atoms with Crippen molar-refractivity contribution in [1.82, 2.24) is 14.8 Å². The Morgan fingerprint density at radius 3 is 2.70 bits per heavy atom. The zero-order valence-electron chi connectivity index (χ0n) is 14.0. The van der Waals surface area contributed by atoms with Crippen LogP contribution in [0.3, 0.4) is 0 Å². The first-order valence-corrected chi connectivity index (χ1v) is 8.74. The fourth-order valence-corrected chi connectivity index (χ4v) is 4.39. The number of likely N-dealkylation sites (N-methyl/N-ethyl adjacent to an activating group) is 1. The Morgan fingerprint density at radius 1 is 1.13 bits per heavy atom. The maximum atomic E-state index is 13.1. The quantitative estimate of drug-likeness (QED) is 0.925. The fourth-order valence-electron chi connectivity index (χ4n) is 4.39. The van der Waals surface area contributed by atoms with Gasteiger partial charge in [-0.05, 0) is 64.4 Å². The average Bonchev–Trinajstić information content (AvgIpc) is 3.23. The lowest BCUT2D eigenvalue weighted by Gasteiger charge is -2.33. The van der Waals surface area contributed by atoms with Gasteiger partial charge in [-0.1, -0.05) is 11.6 Å². The van der Waals surface area contributed by atoms with E-state index < -0.39 is 0 Å². The smallest absolute Gasteiger partial charge is 0.270 e. The van der Waals surface area contributed by atoms with Crippen LogP contribution in [0.4, 0.5) is 0 Å². The molecule has 0 saturated carbocycles. The third-order valence-corrected chi connectivity index (χ3v) is 5.59. The molecule has 23 heavy (non-hydrogen) atoms. The summed E-state index contributed by atoms with van der Waals surface area (Å²) in [5.74, 6) is 0.168. The Labute approximate surface area is 137 Å². The molecule has 1 aromatic heterocycles. The number of aromatic amines is 1. The summed E-state index contributed by atoms with van der Waals surface area (Å²) in [5.41, 5.74) is 3.01. The minimum atomic E-state index is 0.168. The molecule has 4 rings (SSSR count). The van der Waals surface area contributed by atoms with Crippen molar-refractivity contribution in [1.29, 1.82) is 0 Å². The molecule has 2 aromatic rings. The summed E-state index contributed by atoms with van der Waals surface area (Å²) >= 11 is 0. The van der Waals surface area contributed by atoms with Gasteiger partial charge in [-0.2, -0.15) is 0 Å². The molecular formula is C19H25N3O. The molecule has 2 saturated heterocycles. The molecule has 4 heteroatoms. The second-order valence-electron chi connectivity index (χ2n) is 7.17. The molecule has 2 aliphatic rings. The van der Waals surface area contributed by atoms with Gasteiger partial charge in [0.25, 0.3) is 5.91 Å². The van der Waals surface area contributed by atoms with Gasteiger partial charge >= 0.3 is 0 Å². The molecular weight excluding hydrogens is 286 g/mol. The van der Waals surface area contributed by atoms with Crippen LogP contribution in [-0.2, 0) is 0 Å². The van der Waals surface area contributed by atoms with Crippen LogP contribution in [0.15, 0.2) is 24.3 Å². The van der Waals surface area contributed by atoms with Crippen molar-refractivity contribution in [2.24, 2.45) is 0 Å². The summed E-state index contributed by atoms with van der Waals surface area (Å²) in [6, 6.07) is 9.20. The van der Waals surface area contributed by atoms with Crippen molar-refractivity contribution in [3.8, 4) is 0 Å². The van der Waals surface area contributed by atoms with Gasteiger partial charge in [-0.15, -0.1) is 0 Å². The van der Waals surface area contributed by atoms with Crippen molar-refractivity contribution in [3.63, 3.8) is 0 Å². The first kappa shape index (κ1) is 14.8. The predicted molar refractivity (Wildman–Crippen MR) is 92.7 cm³/mol. The number of aryl methyl sites for hydroxylation is 1. The van der Waals surface area contributed by atoms with Crippen LogP contribution >= 0.6 is 0 Å². The van der Waals surface area contributed by atoms with Crippen molar-refractivity contribution in [3.05, 3.63) is 35.5 Å². The molecule has 0 bridgehead atoms. The minimum absolute atomic E-state index is 0.168. The number of rotatable bonds is 2. The predicted octanol–water partition coefficient (Wildman–Crippen LogP) is 3.18. The third kappa shape index (κ3) is 2.55. The number of benzene rings is 1. The summed E-state index contributed by atoms with van der Waals surface area (Å²) in [5, 5.41) is 1.13. The zero-order chi connectivity index (χ0) is 16.0. The van der Waals surface area contributed by atoms with E-state index in [2.05, 4.69) is 47.0 Å². The van der Waals surface area contributed by atoms with Gasteiger partial charge in [0, 0.05) is 29.5 Å². The minimum Gasteiger partial charge on any atom is -0.351 e. The topological polar surface area (TPSA) is 39.3 Å². The van der Waals surface area contributed by atoms with Gasteiger partial charge in [0.05, 0.1) is 0 Å². The van der Waals surface area contributed by atoms with Crippen LogP contribution in [0.25, 0.3) is 10.9 Å². The summed E-state index contributed by atoms with van der Waals surface area (Å²) < 4.78 is 0. The Balaban J connectivity index is 1.61. The maximum Gasteiger partial charge on any atom is 0.270 e. The number of hydrogen-bond donors (Lipinski definition) is 1. The second kappa shape index (κ2) is 5.68. The maximum absolute atomic E-state index is 13.1. The van der Waals surface area contributed by atoms with E-state index in [9.17, 15) is 4.79 Å². The number of aromatic nitrogens is 1. The van der Waals surface area contributed by atoms with Crippen molar-refractivity contribution in [2.45, 2.75) is 44.7 Å². The van der Waals surface area contributed by atoms with E-state index in [0.29, 0.717) is 12.1 Å².